The molecular formula is C35H44ClN5O3. The van der Waals surface area contributed by atoms with Crippen molar-refractivity contribution >= 4 is 28.9 Å². The van der Waals surface area contributed by atoms with Crippen LogP contribution in [0.15, 0.2) is 72.8 Å². The first-order valence-corrected chi connectivity index (χ1v) is 16.3. The van der Waals surface area contributed by atoms with Crippen molar-refractivity contribution in [3.8, 4) is 0 Å². The molecule has 8 nitrogen and oxygen atoms in total. The van der Waals surface area contributed by atoms with Gasteiger partial charge in [0, 0.05) is 74.7 Å². The lowest BCUT2D eigenvalue weighted by Crippen LogP contribution is -2.50. The van der Waals surface area contributed by atoms with Gasteiger partial charge in [0.1, 0.15) is 6.04 Å². The SMILES string of the molecule is CCC(C(=O)NC1CCCCC1)N(Cc1ccc(Cl)cc1)c1ccc([N+](=O)[O-])cc1CN1CCN(Cc2ccccc2)CC1. The summed E-state index contributed by atoms with van der Waals surface area (Å²) in [5, 5.41) is 15.9. The molecule has 1 unspecified atom stereocenters. The van der Waals surface area contributed by atoms with Gasteiger partial charge < -0.3 is 10.2 Å². The van der Waals surface area contributed by atoms with E-state index in [0.717, 1.165) is 75.2 Å². The van der Waals surface area contributed by atoms with E-state index < -0.39 is 6.04 Å². The second-order valence-electron chi connectivity index (χ2n) is 12.1. The number of carbonyl (C=O) groups excluding carboxylic acids is 1. The van der Waals surface area contributed by atoms with Gasteiger partial charge in [-0.25, -0.2) is 0 Å². The predicted molar refractivity (Wildman–Crippen MR) is 177 cm³/mol. The van der Waals surface area contributed by atoms with E-state index in [9.17, 15) is 14.9 Å². The molecule has 1 aliphatic carbocycles. The third kappa shape index (κ3) is 8.58. The summed E-state index contributed by atoms with van der Waals surface area (Å²) in [6, 6.07) is 23.1. The number of nitro benzene ring substituents is 1. The molecule has 3 aromatic carbocycles. The van der Waals surface area contributed by atoms with E-state index in [4.69, 9.17) is 11.6 Å². The zero-order chi connectivity index (χ0) is 30.9. The molecule has 1 atom stereocenters. The summed E-state index contributed by atoms with van der Waals surface area (Å²) in [5.74, 6) is 0.0205. The van der Waals surface area contributed by atoms with Crippen LogP contribution in [0.25, 0.3) is 0 Å². The number of non-ortho nitro benzene ring substituents is 1. The molecule has 234 valence electrons. The Morgan fingerprint density at radius 3 is 2.23 bits per heavy atom. The highest BCUT2D eigenvalue weighted by Crippen LogP contribution is 2.31. The third-order valence-corrected chi connectivity index (χ3v) is 9.23. The van der Waals surface area contributed by atoms with Crippen LogP contribution in [-0.2, 0) is 24.4 Å². The zero-order valence-corrected chi connectivity index (χ0v) is 26.4. The summed E-state index contributed by atoms with van der Waals surface area (Å²) in [4.78, 5) is 32.4. The van der Waals surface area contributed by atoms with Crippen molar-refractivity contribution in [3.63, 3.8) is 0 Å². The van der Waals surface area contributed by atoms with Crippen LogP contribution in [0.2, 0.25) is 5.02 Å². The van der Waals surface area contributed by atoms with Crippen molar-refractivity contribution in [3.05, 3.63) is 105 Å². The fourth-order valence-corrected chi connectivity index (χ4v) is 6.65. The molecule has 1 heterocycles. The summed E-state index contributed by atoms with van der Waals surface area (Å²) in [6.07, 6.45) is 6.14. The van der Waals surface area contributed by atoms with Gasteiger partial charge in [0.2, 0.25) is 5.91 Å². The largest absolute Gasteiger partial charge is 0.355 e. The smallest absolute Gasteiger partial charge is 0.269 e. The Balaban J connectivity index is 1.40. The molecule has 1 N–H and O–H groups in total. The van der Waals surface area contributed by atoms with Gasteiger partial charge in [-0.05, 0) is 54.2 Å². The number of hydrogen-bond acceptors (Lipinski definition) is 6. The van der Waals surface area contributed by atoms with Crippen molar-refractivity contribution in [1.29, 1.82) is 0 Å². The number of benzene rings is 3. The molecule has 44 heavy (non-hydrogen) atoms. The molecule has 5 rings (SSSR count). The van der Waals surface area contributed by atoms with E-state index >= 15 is 0 Å². The van der Waals surface area contributed by atoms with E-state index in [2.05, 4.69) is 44.3 Å². The number of anilines is 1. The predicted octanol–water partition coefficient (Wildman–Crippen LogP) is 6.80. The first-order chi connectivity index (χ1) is 21.4. The monoisotopic (exact) mass is 617 g/mol. The Morgan fingerprint density at radius 2 is 1.59 bits per heavy atom. The second kappa shape index (κ2) is 15.5. The maximum atomic E-state index is 13.9. The minimum Gasteiger partial charge on any atom is -0.355 e. The van der Waals surface area contributed by atoms with Crippen LogP contribution in [0, 0.1) is 10.1 Å². The number of halogens is 1. The summed E-state index contributed by atoms with van der Waals surface area (Å²) >= 11 is 6.20. The number of nitrogens with zero attached hydrogens (tertiary/aromatic N) is 4. The molecule has 0 bridgehead atoms. The Bertz CT molecular complexity index is 1370. The van der Waals surface area contributed by atoms with Crippen molar-refractivity contribution < 1.29 is 9.72 Å². The number of hydrogen-bond donors (Lipinski definition) is 1. The molecule has 0 radical (unpaired) electrons. The molecule has 2 fully saturated rings. The Hall–Kier alpha value is -3.46. The van der Waals surface area contributed by atoms with Crippen molar-refractivity contribution in [2.24, 2.45) is 0 Å². The Morgan fingerprint density at radius 1 is 0.932 bits per heavy atom. The highest BCUT2D eigenvalue weighted by molar-refractivity contribution is 6.30. The first-order valence-electron chi connectivity index (χ1n) is 16.0. The number of nitro groups is 1. The van der Waals surface area contributed by atoms with E-state index in [0.29, 0.717) is 24.5 Å². The van der Waals surface area contributed by atoms with E-state index in [-0.39, 0.29) is 22.6 Å². The minimum absolute atomic E-state index is 0.0205. The molecule has 1 amide bonds. The Labute approximate surface area is 266 Å². The summed E-state index contributed by atoms with van der Waals surface area (Å²) in [6.45, 7) is 7.61. The van der Waals surface area contributed by atoms with Gasteiger partial charge in [-0.3, -0.25) is 24.7 Å². The molecule has 0 aromatic heterocycles. The fourth-order valence-electron chi connectivity index (χ4n) is 6.52. The highest BCUT2D eigenvalue weighted by atomic mass is 35.5. The molecular weight excluding hydrogens is 574 g/mol. The van der Waals surface area contributed by atoms with Gasteiger partial charge in [-0.1, -0.05) is 80.3 Å². The van der Waals surface area contributed by atoms with Gasteiger partial charge >= 0.3 is 0 Å². The number of piperazine rings is 1. The first kappa shape index (κ1) is 31.9. The van der Waals surface area contributed by atoms with Gasteiger partial charge in [0.05, 0.1) is 4.92 Å². The van der Waals surface area contributed by atoms with Crippen LogP contribution < -0.4 is 10.2 Å². The van der Waals surface area contributed by atoms with Crippen LogP contribution >= 0.6 is 11.6 Å². The molecule has 1 saturated carbocycles. The Kier molecular flexibility index (Phi) is 11.3. The zero-order valence-electron chi connectivity index (χ0n) is 25.7. The summed E-state index contributed by atoms with van der Waals surface area (Å²) < 4.78 is 0. The van der Waals surface area contributed by atoms with E-state index in [1.165, 1.54) is 12.0 Å². The second-order valence-corrected chi connectivity index (χ2v) is 12.6. The average molecular weight is 618 g/mol. The van der Waals surface area contributed by atoms with Gasteiger partial charge in [0.25, 0.3) is 5.69 Å². The van der Waals surface area contributed by atoms with E-state index in [1.54, 1.807) is 12.1 Å². The maximum absolute atomic E-state index is 13.9. The lowest BCUT2D eigenvalue weighted by Gasteiger charge is -2.38. The molecule has 2 aliphatic rings. The van der Waals surface area contributed by atoms with Crippen LogP contribution in [0.3, 0.4) is 0 Å². The molecule has 1 aliphatic heterocycles. The minimum atomic E-state index is -0.421. The number of amides is 1. The molecule has 1 saturated heterocycles. The highest BCUT2D eigenvalue weighted by Gasteiger charge is 2.30. The lowest BCUT2D eigenvalue weighted by atomic mass is 9.95. The summed E-state index contributed by atoms with van der Waals surface area (Å²) in [5.41, 5.74) is 4.13. The van der Waals surface area contributed by atoms with Gasteiger partial charge in [0.15, 0.2) is 0 Å². The number of rotatable bonds is 12. The topological polar surface area (TPSA) is 82.0 Å². The van der Waals surface area contributed by atoms with Crippen LogP contribution in [0.5, 0.6) is 0 Å². The quantitative estimate of drug-likeness (QED) is 0.178. The molecule has 9 heteroatoms. The normalized spacial score (nSPS) is 17.2. The number of nitrogens with one attached hydrogen (secondary N) is 1. The van der Waals surface area contributed by atoms with Crippen molar-refractivity contribution in [1.82, 2.24) is 15.1 Å². The van der Waals surface area contributed by atoms with Gasteiger partial charge in [-0.2, -0.15) is 0 Å². The fraction of sp³-hybridized carbons (Fsp3) is 0.457. The van der Waals surface area contributed by atoms with Crippen molar-refractivity contribution in [2.75, 3.05) is 31.1 Å². The summed E-state index contributed by atoms with van der Waals surface area (Å²) in [7, 11) is 0. The standard InChI is InChI=1S/C35H44ClN5O3/c1-2-33(35(42)37-31-11-7-4-8-12-31)40(25-28-13-15-30(36)16-14-28)34-18-17-32(41(43)44)23-29(34)26-39-21-19-38(20-22-39)24-27-9-5-3-6-10-27/h3,5-6,9-10,13-18,23,31,33H,2,4,7-8,11-12,19-22,24-26H2,1H3,(H,37,42). The maximum Gasteiger partial charge on any atom is 0.269 e. The molecule has 0 spiro atoms. The van der Waals surface area contributed by atoms with Crippen LogP contribution in [0.4, 0.5) is 11.4 Å². The lowest BCUT2D eigenvalue weighted by molar-refractivity contribution is -0.384. The van der Waals surface area contributed by atoms with Crippen LogP contribution in [0.1, 0.15) is 62.1 Å². The number of carbonyl (C=O) groups is 1. The van der Waals surface area contributed by atoms with Gasteiger partial charge in [-0.15, -0.1) is 0 Å². The van der Waals surface area contributed by atoms with Crippen molar-refractivity contribution in [2.45, 2.75) is 77.2 Å². The van der Waals surface area contributed by atoms with Crippen LogP contribution in [-0.4, -0.2) is 58.9 Å². The molecule has 3 aromatic rings. The van der Waals surface area contributed by atoms with E-state index in [1.807, 2.05) is 43.3 Å². The third-order valence-electron chi connectivity index (χ3n) is 8.97. The average Bonchev–Trinajstić information content (AvgIpc) is 3.04.